The highest BCUT2D eigenvalue weighted by Crippen LogP contribution is 2.45. The molecule has 0 saturated carbocycles. The summed E-state index contributed by atoms with van der Waals surface area (Å²) in [6.45, 7) is 2.08. The smallest absolute Gasteiger partial charge is 0.188 e. The number of furan rings is 1. The summed E-state index contributed by atoms with van der Waals surface area (Å²) >= 11 is 0. The van der Waals surface area contributed by atoms with Crippen LogP contribution in [0.3, 0.4) is 0 Å². The average Bonchev–Trinajstić information content (AvgIpc) is 3.65. The third kappa shape index (κ3) is 3.75. The Balaban J connectivity index is 1.60. The van der Waals surface area contributed by atoms with E-state index in [0.29, 0.717) is 5.82 Å². The number of nitrogens with zero attached hydrogens (tertiary/aromatic N) is 4. The molecule has 0 bridgehead atoms. The predicted octanol–water partition coefficient (Wildman–Crippen LogP) is 7.90. The molecule has 192 valence electrons. The first-order valence-electron chi connectivity index (χ1n) is 13.3. The van der Waals surface area contributed by atoms with E-state index in [0.717, 1.165) is 44.5 Å². The van der Waals surface area contributed by atoms with Crippen molar-refractivity contribution in [1.29, 1.82) is 0 Å². The van der Waals surface area contributed by atoms with E-state index in [2.05, 4.69) is 115 Å². The van der Waals surface area contributed by atoms with E-state index in [4.69, 9.17) is 14.7 Å². The molecule has 7 rings (SSSR count). The second-order valence-electron chi connectivity index (χ2n) is 9.89. The zero-order valence-corrected chi connectivity index (χ0v) is 22.0. The van der Waals surface area contributed by atoms with Gasteiger partial charge in [0.2, 0.25) is 0 Å². The quantitative estimate of drug-likeness (QED) is 0.210. The van der Waals surface area contributed by atoms with E-state index in [1.54, 1.807) is 0 Å². The van der Waals surface area contributed by atoms with Crippen LogP contribution in [-0.2, 0) is 5.54 Å². The Morgan fingerprint density at radius 2 is 1.12 bits per heavy atom. The van der Waals surface area contributed by atoms with Crippen LogP contribution in [0.2, 0.25) is 0 Å². The van der Waals surface area contributed by atoms with Gasteiger partial charge in [0.05, 0.1) is 5.56 Å². The van der Waals surface area contributed by atoms with Crippen molar-refractivity contribution in [3.05, 3.63) is 162 Å². The summed E-state index contributed by atoms with van der Waals surface area (Å²) in [5.41, 5.74) is 6.08. The summed E-state index contributed by atoms with van der Waals surface area (Å²) in [5.74, 6) is 1.36. The summed E-state index contributed by atoms with van der Waals surface area (Å²) in [6, 6.07) is 47.7. The van der Waals surface area contributed by atoms with Gasteiger partial charge in [0.1, 0.15) is 16.9 Å². The molecule has 2 heterocycles. The van der Waals surface area contributed by atoms with Gasteiger partial charge in [0.15, 0.2) is 5.82 Å². The van der Waals surface area contributed by atoms with E-state index in [9.17, 15) is 0 Å². The number of fused-ring (bicyclic) bond motifs is 1. The van der Waals surface area contributed by atoms with Gasteiger partial charge in [-0.3, -0.25) is 0 Å². The Kier molecular flexibility index (Phi) is 5.82. The van der Waals surface area contributed by atoms with Gasteiger partial charge in [0.25, 0.3) is 0 Å². The monoisotopic (exact) mass is 518 g/mol. The molecule has 0 fully saturated rings. The molecule has 0 aliphatic heterocycles. The van der Waals surface area contributed by atoms with Gasteiger partial charge < -0.3 is 4.42 Å². The number of hydrogen-bond donors (Lipinski definition) is 0. The van der Waals surface area contributed by atoms with Crippen LogP contribution in [0.15, 0.2) is 144 Å². The number of tetrazole rings is 1. The average molecular weight is 519 g/mol. The fraction of sp³-hybridized carbons (Fsp3) is 0.0571. The minimum atomic E-state index is -0.856. The summed E-state index contributed by atoms with van der Waals surface area (Å²) < 4.78 is 8.49. The number of para-hydroxylation sites is 1. The standard InChI is InChI=1S/C35H26N4O/c1-25-21-23-26(24-22-25)33-32(30-19-11-12-20-31(30)40-33)34-36-37-38-39(34)35(27-13-5-2-6-14-27,28-15-7-3-8-16-28)29-17-9-4-10-18-29/h2-24H,1H3. The fourth-order valence-electron chi connectivity index (χ4n) is 5.65. The Labute approximate surface area is 232 Å². The highest BCUT2D eigenvalue weighted by molar-refractivity contribution is 6.00. The maximum Gasteiger partial charge on any atom is 0.188 e. The van der Waals surface area contributed by atoms with Crippen molar-refractivity contribution in [2.24, 2.45) is 0 Å². The van der Waals surface area contributed by atoms with Crippen LogP contribution in [0.5, 0.6) is 0 Å². The minimum absolute atomic E-state index is 0.622. The van der Waals surface area contributed by atoms with Crippen molar-refractivity contribution in [1.82, 2.24) is 20.2 Å². The zero-order chi connectivity index (χ0) is 26.9. The molecule has 40 heavy (non-hydrogen) atoms. The minimum Gasteiger partial charge on any atom is -0.455 e. The molecular formula is C35H26N4O. The lowest BCUT2D eigenvalue weighted by atomic mass is 9.77. The van der Waals surface area contributed by atoms with Crippen molar-refractivity contribution >= 4 is 11.0 Å². The molecule has 5 heteroatoms. The van der Waals surface area contributed by atoms with E-state index in [1.807, 2.05) is 41.1 Å². The largest absolute Gasteiger partial charge is 0.455 e. The molecular weight excluding hydrogens is 492 g/mol. The molecule has 7 aromatic rings. The molecule has 5 aromatic carbocycles. The summed E-state index contributed by atoms with van der Waals surface area (Å²) in [5, 5.41) is 14.7. The lowest BCUT2D eigenvalue weighted by Crippen LogP contribution is -2.39. The van der Waals surface area contributed by atoms with Crippen molar-refractivity contribution in [2.75, 3.05) is 0 Å². The second-order valence-corrected chi connectivity index (χ2v) is 9.89. The molecule has 0 N–H and O–H groups in total. The molecule has 0 aliphatic rings. The van der Waals surface area contributed by atoms with Crippen LogP contribution in [0, 0.1) is 6.92 Å². The van der Waals surface area contributed by atoms with Crippen LogP contribution in [0.1, 0.15) is 22.3 Å². The normalized spacial score (nSPS) is 11.6. The van der Waals surface area contributed by atoms with Gasteiger partial charge in [-0.05, 0) is 40.1 Å². The van der Waals surface area contributed by atoms with Crippen molar-refractivity contribution in [3.8, 4) is 22.7 Å². The van der Waals surface area contributed by atoms with Crippen molar-refractivity contribution < 1.29 is 4.42 Å². The highest BCUT2D eigenvalue weighted by Gasteiger charge is 2.42. The first-order chi connectivity index (χ1) is 19.8. The van der Waals surface area contributed by atoms with Crippen molar-refractivity contribution in [2.45, 2.75) is 12.5 Å². The molecule has 0 unspecified atom stereocenters. The predicted molar refractivity (Wildman–Crippen MR) is 158 cm³/mol. The number of rotatable bonds is 6. The Morgan fingerprint density at radius 1 is 0.600 bits per heavy atom. The third-order valence-electron chi connectivity index (χ3n) is 7.49. The van der Waals surface area contributed by atoms with Gasteiger partial charge in [-0.25, -0.2) is 4.68 Å². The third-order valence-corrected chi connectivity index (χ3v) is 7.49. The molecule has 0 saturated heterocycles. The van der Waals surface area contributed by atoms with Crippen LogP contribution < -0.4 is 0 Å². The molecule has 5 nitrogen and oxygen atoms in total. The lowest BCUT2D eigenvalue weighted by Gasteiger charge is -2.36. The maximum absolute atomic E-state index is 6.52. The highest BCUT2D eigenvalue weighted by atomic mass is 16.3. The van der Waals surface area contributed by atoms with Crippen molar-refractivity contribution in [3.63, 3.8) is 0 Å². The summed E-state index contributed by atoms with van der Waals surface area (Å²) in [7, 11) is 0. The maximum atomic E-state index is 6.52. The SMILES string of the molecule is Cc1ccc(-c2oc3ccccc3c2-c2nnnn2C(c2ccccc2)(c2ccccc2)c2ccccc2)cc1. The second kappa shape index (κ2) is 9.79. The first kappa shape index (κ1) is 23.8. The Bertz CT molecular complexity index is 1790. The van der Waals surface area contributed by atoms with Crippen LogP contribution >= 0.6 is 0 Å². The van der Waals surface area contributed by atoms with E-state index in [-0.39, 0.29) is 0 Å². The Hall–Kier alpha value is -5.29. The van der Waals surface area contributed by atoms with Crippen LogP contribution in [-0.4, -0.2) is 20.2 Å². The van der Waals surface area contributed by atoms with Gasteiger partial charge in [-0.2, -0.15) is 0 Å². The summed E-state index contributed by atoms with van der Waals surface area (Å²) in [6.07, 6.45) is 0. The number of aryl methyl sites for hydroxylation is 1. The number of aromatic nitrogens is 4. The lowest BCUT2D eigenvalue weighted by molar-refractivity contribution is 0.451. The van der Waals surface area contributed by atoms with E-state index in [1.165, 1.54) is 5.56 Å². The van der Waals surface area contributed by atoms with Crippen LogP contribution in [0.25, 0.3) is 33.7 Å². The molecule has 0 aliphatic carbocycles. The zero-order valence-electron chi connectivity index (χ0n) is 22.0. The molecule has 2 aromatic heterocycles. The van der Waals surface area contributed by atoms with Gasteiger partial charge in [-0.1, -0.05) is 139 Å². The topological polar surface area (TPSA) is 56.7 Å². The summed E-state index contributed by atoms with van der Waals surface area (Å²) in [4.78, 5) is 0. The molecule has 0 amide bonds. The van der Waals surface area contributed by atoms with Gasteiger partial charge in [0, 0.05) is 10.9 Å². The van der Waals surface area contributed by atoms with Crippen LogP contribution in [0.4, 0.5) is 0 Å². The Morgan fingerprint density at radius 3 is 1.70 bits per heavy atom. The molecule has 0 spiro atoms. The van der Waals surface area contributed by atoms with E-state index < -0.39 is 5.54 Å². The molecule has 0 radical (unpaired) electrons. The van der Waals surface area contributed by atoms with E-state index >= 15 is 0 Å². The van der Waals surface area contributed by atoms with Gasteiger partial charge in [-0.15, -0.1) is 5.10 Å². The number of benzene rings is 5. The first-order valence-corrected chi connectivity index (χ1v) is 13.3. The van der Waals surface area contributed by atoms with Gasteiger partial charge >= 0.3 is 0 Å². The fourth-order valence-corrected chi connectivity index (χ4v) is 5.65. The molecule has 0 atom stereocenters. The number of hydrogen-bond acceptors (Lipinski definition) is 4.